The summed E-state index contributed by atoms with van der Waals surface area (Å²) in [4.78, 5) is 14.9. The molecule has 0 amide bonds. The van der Waals surface area contributed by atoms with Gasteiger partial charge < -0.3 is 4.74 Å². The van der Waals surface area contributed by atoms with Crippen LogP contribution in [0.25, 0.3) is 0 Å². The Balaban J connectivity index is 3.22. The maximum Gasteiger partial charge on any atom is 0.310 e. The number of nitriles is 1. The van der Waals surface area contributed by atoms with Crippen molar-refractivity contribution in [2.45, 2.75) is 19.8 Å². The third-order valence-electron chi connectivity index (χ3n) is 2.08. The molecule has 1 aromatic rings. The number of hydrogen-bond donors (Lipinski definition) is 0. The molecule has 0 unspecified atom stereocenters. The Labute approximate surface area is 111 Å². The average molecular weight is 319 g/mol. The lowest BCUT2D eigenvalue weighted by atomic mass is 10.0. The molecule has 7 heteroatoms. The topological polar surface area (TPSA) is 63.0 Å². The number of ether oxygens (including phenoxy) is 1. The lowest BCUT2D eigenvalue weighted by Crippen LogP contribution is -2.12. The van der Waals surface area contributed by atoms with Crippen molar-refractivity contribution in [1.82, 2.24) is 4.98 Å². The van der Waals surface area contributed by atoms with Crippen LogP contribution in [0.2, 0.25) is 0 Å². The summed E-state index contributed by atoms with van der Waals surface area (Å²) < 4.78 is 30.4. The molecule has 0 fully saturated rings. The Morgan fingerprint density at radius 2 is 2.33 bits per heavy atom. The van der Waals surface area contributed by atoms with Crippen LogP contribution in [0.5, 0.6) is 0 Å². The lowest BCUT2D eigenvalue weighted by Gasteiger charge is -2.10. The van der Waals surface area contributed by atoms with E-state index < -0.39 is 24.5 Å². The minimum absolute atomic E-state index is 0.0137. The van der Waals surface area contributed by atoms with Crippen LogP contribution in [0.15, 0.2) is 10.7 Å². The van der Waals surface area contributed by atoms with Crippen LogP contribution in [0, 0.1) is 11.3 Å². The zero-order valence-electron chi connectivity index (χ0n) is 9.41. The zero-order valence-corrected chi connectivity index (χ0v) is 11.0. The molecule has 0 aliphatic carbocycles. The minimum atomic E-state index is -2.86. The Bertz CT molecular complexity index is 501. The summed E-state index contributed by atoms with van der Waals surface area (Å²) in [5, 5.41) is 8.90. The largest absolute Gasteiger partial charge is 0.466 e. The average Bonchev–Trinajstić information content (AvgIpc) is 2.30. The molecule has 0 bridgehead atoms. The molecule has 0 spiro atoms. The van der Waals surface area contributed by atoms with E-state index >= 15 is 0 Å². The lowest BCUT2D eigenvalue weighted by molar-refractivity contribution is -0.142. The van der Waals surface area contributed by atoms with Crippen molar-refractivity contribution in [2.24, 2.45) is 0 Å². The van der Waals surface area contributed by atoms with Crippen molar-refractivity contribution >= 4 is 21.9 Å². The molecule has 96 valence electrons. The number of alkyl halides is 2. The number of aromatic nitrogens is 1. The highest BCUT2D eigenvalue weighted by atomic mass is 79.9. The van der Waals surface area contributed by atoms with Gasteiger partial charge in [0.05, 0.1) is 24.7 Å². The molecular weight excluding hydrogens is 310 g/mol. The Kier molecular flexibility index (Phi) is 5.16. The number of carbonyl (C=O) groups is 1. The van der Waals surface area contributed by atoms with E-state index in [-0.39, 0.29) is 22.3 Å². The molecular formula is C11H9BrF2N2O2. The first-order valence-corrected chi connectivity index (χ1v) is 5.82. The van der Waals surface area contributed by atoms with Gasteiger partial charge in [0.15, 0.2) is 0 Å². The maximum absolute atomic E-state index is 12.8. The van der Waals surface area contributed by atoms with Crippen LogP contribution in [0.4, 0.5) is 8.78 Å². The first kappa shape index (κ1) is 14.5. The van der Waals surface area contributed by atoms with Gasteiger partial charge >= 0.3 is 5.97 Å². The van der Waals surface area contributed by atoms with E-state index in [0.717, 1.165) is 0 Å². The summed E-state index contributed by atoms with van der Waals surface area (Å²) in [5.41, 5.74) is -0.677. The normalized spacial score (nSPS) is 10.2. The molecule has 0 aromatic carbocycles. The SMILES string of the molecule is CCOC(=O)Cc1c(C#N)cc(Br)nc1C(F)F. The Hall–Kier alpha value is -1.55. The van der Waals surface area contributed by atoms with Crippen LogP contribution in [0.1, 0.15) is 30.2 Å². The Morgan fingerprint density at radius 3 is 2.83 bits per heavy atom. The molecule has 0 saturated heterocycles. The number of esters is 1. The van der Waals surface area contributed by atoms with E-state index in [1.165, 1.54) is 6.07 Å². The van der Waals surface area contributed by atoms with Gasteiger partial charge in [-0.25, -0.2) is 13.8 Å². The fraction of sp³-hybridized carbons (Fsp3) is 0.364. The quantitative estimate of drug-likeness (QED) is 0.632. The summed E-state index contributed by atoms with van der Waals surface area (Å²) in [6.07, 6.45) is -3.25. The second-order valence-electron chi connectivity index (χ2n) is 3.25. The van der Waals surface area contributed by atoms with Crippen LogP contribution in [0.3, 0.4) is 0 Å². The zero-order chi connectivity index (χ0) is 13.7. The summed E-state index contributed by atoms with van der Waals surface area (Å²) >= 11 is 2.94. The highest BCUT2D eigenvalue weighted by molar-refractivity contribution is 9.10. The smallest absolute Gasteiger partial charge is 0.310 e. The number of hydrogen-bond acceptors (Lipinski definition) is 4. The van der Waals surface area contributed by atoms with Gasteiger partial charge in [0, 0.05) is 5.56 Å². The van der Waals surface area contributed by atoms with Crippen LogP contribution in [-0.2, 0) is 16.0 Å². The van der Waals surface area contributed by atoms with Crippen molar-refractivity contribution in [3.05, 3.63) is 27.5 Å². The molecule has 1 aromatic heterocycles. The van der Waals surface area contributed by atoms with Gasteiger partial charge in [0.1, 0.15) is 10.3 Å². The van der Waals surface area contributed by atoms with E-state index in [1.807, 2.05) is 0 Å². The molecule has 0 N–H and O–H groups in total. The molecule has 1 rings (SSSR count). The molecule has 0 radical (unpaired) electrons. The summed E-state index contributed by atoms with van der Waals surface area (Å²) in [6.45, 7) is 1.76. The van der Waals surface area contributed by atoms with Crippen LogP contribution in [-0.4, -0.2) is 17.6 Å². The van der Waals surface area contributed by atoms with E-state index in [0.29, 0.717) is 0 Å². The van der Waals surface area contributed by atoms with Gasteiger partial charge in [-0.05, 0) is 28.9 Å². The van der Waals surface area contributed by atoms with Gasteiger partial charge in [-0.3, -0.25) is 4.79 Å². The van der Waals surface area contributed by atoms with Crippen molar-refractivity contribution in [2.75, 3.05) is 6.61 Å². The van der Waals surface area contributed by atoms with E-state index in [4.69, 9.17) is 5.26 Å². The summed E-state index contributed by atoms with van der Waals surface area (Å²) in [7, 11) is 0. The summed E-state index contributed by atoms with van der Waals surface area (Å²) in [5.74, 6) is -0.667. The van der Waals surface area contributed by atoms with Crippen LogP contribution < -0.4 is 0 Å². The third-order valence-corrected chi connectivity index (χ3v) is 2.48. The number of carbonyl (C=O) groups excluding carboxylic acids is 1. The maximum atomic E-state index is 12.8. The van der Waals surface area contributed by atoms with Crippen LogP contribution >= 0.6 is 15.9 Å². The highest BCUT2D eigenvalue weighted by Gasteiger charge is 2.22. The molecule has 0 aliphatic heterocycles. The molecule has 0 atom stereocenters. The highest BCUT2D eigenvalue weighted by Crippen LogP contribution is 2.26. The number of pyridine rings is 1. The Morgan fingerprint density at radius 1 is 1.67 bits per heavy atom. The molecule has 0 saturated carbocycles. The van der Waals surface area contributed by atoms with Gasteiger partial charge in [0.25, 0.3) is 6.43 Å². The van der Waals surface area contributed by atoms with Gasteiger partial charge in [-0.15, -0.1) is 0 Å². The van der Waals surface area contributed by atoms with Crippen molar-refractivity contribution < 1.29 is 18.3 Å². The summed E-state index contributed by atoms with van der Waals surface area (Å²) in [6, 6.07) is 3.06. The third kappa shape index (κ3) is 3.47. The number of halogens is 3. The first-order valence-electron chi connectivity index (χ1n) is 5.02. The van der Waals surface area contributed by atoms with Gasteiger partial charge in [-0.2, -0.15) is 5.26 Å². The fourth-order valence-electron chi connectivity index (χ4n) is 1.38. The standard InChI is InChI=1S/C11H9BrF2N2O2/c1-2-18-9(17)4-7-6(5-15)3-8(12)16-10(7)11(13)14/h3,11H,2,4H2,1H3. The van der Waals surface area contributed by atoms with E-state index in [2.05, 4.69) is 25.7 Å². The second-order valence-corrected chi connectivity index (χ2v) is 4.06. The molecule has 18 heavy (non-hydrogen) atoms. The molecule has 1 heterocycles. The van der Waals surface area contributed by atoms with E-state index in [1.54, 1.807) is 13.0 Å². The van der Waals surface area contributed by atoms with Crippen molar-refractivity contribution in [3.63, 3.8) is 0 Å². The molecule has 4 nitrogen and oxygen atoms in total. The minimum Gasteiger partial charge on any atom is -0.466 e. The van der Waals surface area contributed by atoms with Gasteiger partial charge in [-0.1, -0.05) is 0 Å². The second kappa shape index (κ2) is 6.40. The molecule has 0 aliphatic rings. The van der Waals surface area contributed by atoms with Crippen molar-refractivity contribution in [3.8, 4) is 6.07 Å². The van der Waals surface area contributed by atoms with E-state index in [9.17, 15) is 13.6 Å². The number of nitrogens with zero attached hydrogens (tertiary/aromatic N) is 2. The monoisotopic (exact) mass is 318 g/mol. The predicted molar refractivity (Wildman–Crippen MR) is 61.9 cm³/mol. The number of rotatable bonds is 4. The van der Waals surface area contributed by atoms with Crippen molar-refractivity contribution in [1.29, 1.82) is 5.26 Å². The predicted octanol–water partition coefficient (Wildman–Crippen LogP) is 2.76. The first-order chi connectivity index (χ1) is 8.49. The van der Waals surface area contributed by atoms with Gasteiger partial charge in [0.2, 0.25) is 0 Å². The fourth-order valence-corrected chi connectivity index (χ4v) is 1.80.